The number of hydrogen-bond donors (Lipinski definition) is 3. The molecule has 2 aliphatic rings. The third-order valence-corrected chi connectivity index (χ3v) is 8.35. The van der Waals surface area contributed by atoms with Crippen molar-refractivity contribution in [1.82, 2.24) is 4.90 Å². The number of aliphatic hydroxyl groups excluding tert-OH is 2. The van der Waals surface area contributed by atoms with Gasteiger partial charge in [-0.25, -0.2) is 0 Å². The lowest BCUT2D eigenvalue weighted by Gasteiger charge is -2.36. The first kappa shape index (κ1) is 28.3. The van der Waals surface area contributed by atoms with Crippen LogP contribution >= 0.6 is 15.9 Å². The Morgan fingerprint density at radius 1 is 1.13 bits per heavy atom. The molecule has 1 aliphatic carbocycles. The molecule has 1 saturated heterocycles. The van der Waals surface area contributed by atoms with Crippen LogP contribution < -0.4 is 0 Å². The zero-order valence-electron chi connectivity index (χ0n) is 21.9. The zero-order valence-corrected chi connectivity index (χ0v) is 23.5. The minimum Gasteiger partial charge on any atom is -0.507 e. The molecular formula is C31H36BrNO5. The van der Waals surface area contributed by atoms with Crippen LogP contribution in [0.25, 0.3) is 11.6 Å². The lowest BCUT2D eigenvalue weighted by atomic mass is 9.67. The molecule has 4 atom stereocenters. The number of phenols is 1. The molecule has 0 aromatic heterocycles. The largest absolute Gasteiger partial charge is 0.507 e. The molecular weight excluding hydrogens is 546 g/mol. The van der Waals surface area contributed by atoms with Gasteiger partial charge in [0, 0.05) is 22.5 Å². The Morgan fingerprint density at radius 3 is 2.53 bits per heavy atom. The van der Waals surface area contributed by atoms with Gasteiger partial charge in [-0.05, 0) is 73.1 Å². The van der Waals surface area contributed by atoms with E-state index in [4.69, 9.17) is 0 Å². The number of phenolic OH excluding ortho intramolecular Hbond substituents is 1. The van der Waals surface area contributed by atoms with E-state index in [0.29, 0.717) is 49.8 Å². The van der Waals surface area contributed by atoms with Gasteiger partial charge in [0.05, 0.1) is 24.5 Å². The molecule has 0 radical (unpaired) electrons. The van der Waals surface area contributed by atoms with E-state index in [2.05, 4.69) is 15.9 Å². The highest BCUT2D eigenvalue weighted by Crippen LogP contribution is 2.47. The molecule has 0 unspecified atom stereocenters. The second kappa shape index (κ2) is 12.4. The van der Waals surface area contributed by atoms with Crippen LogP contribution in [0.4, 0.5) is 0 Å². The fourth-order valence-electron chi connectivity index (χ4n) is 6.04. The summed E-state index contributed by atoms with van der Waals surface area (Å²) in [5.74, 6) is -1.87. The Balaban J connectivity index is 1.63. The van der Waals surface area contributed by atoms with Crippen molar-refractivity contribution in [3.63, 3.8) is 0 Å². The van der Waals surface area contributed by atoms with Crippen molar-refractivity contribution >= 4 is 39.4 Å². The second-order valence-corrected chi connectivity index (χ2v) is 11.1. The topological polar surface area (TPSA) is 98.1 Å². The average Bonchev–Trinajstić information content (AvgIpc) is 3.16. The van der Waals surface area contributed by atoms with Crippen molar-refractivity contribution in [3.8, 4) is 5.75 Å². The van der Waals surface area contributed by atoms with Gasteiger partial charge in [-0.15, -0.1) is 0 Å². The quantitative estimate of drug-likeness (QED) is 0.194. The fourth-order valence-corrected chi connectivity index (χ4v) is 6.41. The van der Waals surface area contributed by atoms with Crippen LogP contribution in [0.1, 0.15) is 57.1 Å². The Morgan fingerprint density at radius 2 is 1.87 bits per heavy atom. The SMILES string of the molecule is CCCN1C(=O)[C@@H]2[C@@H](CC(CC)=C([C@H](O)CC/C(=C/c3cc(Br)ccc3O)c3ccccc3)[C@@H]2CO)C1=O. The molecule has 7 heteroatoms. The van der Waals surface area contributed by atoms with Crippen molar-refractivity contribution in [2.24, 2.45) is 17.8 Å². The number of halogens is 1. The number of rotatable bonds is 10. The summed E-state index contributed by atoms with van der Waals surface area (Å²) in [4.78, 5) is 27.6. The maximum Gasteiger partial charge on any atom is 0.233 e. The number of carbonyl (C=O) groups is 2. The lowest BCUT2D eigenvalue weighted by molar-refractivity contribution is -0.140. The van der Waals surface area contributed by atoms with E-state index in [1.54, 1.807) is 12.1 Å². The third kappa shape index (κ3) is 5.65. The number of nitrogens with zero attached hydrogens (tertiary/aromatic N) is 1. The van der Waals surface area contributed by atoms with E-state index in [9.17, 15) is 24.9 Å². The van der Waals surface area contributed by atoms with E-state index in [1.165, 1.54) is 4.90 Å². The molecule has 4 rings (SSSR count). The van der Waals surface area contributed by atoms with Gasteiger partial charge in [0.15, 0.2) is 0 Å². The predicted octanol–water partition coefficient (Wildman–Crippen LogP) is 5.57. The molecule has 2 amide bonds. The number of likely N-dealkylation sites (tertiary alicyclic amines) is 1. The van der Waals surface area contributed by atoms with Crippen LogP contribution in [0.3, 0.4) is 0 Å². The normalized spacial score (nSPS) is 22.7. The number of aliphatic hydroxyl groups is 2. The highest BCUT2D eigenvalue weighted by molar-refractivity contribution is 9.10. The van der Waals surface area contributed by atoms with Gasteiger partial charge in [-0.3, -0.25) is 14.5 Å². The minimum atomic E-state index is -0.866. The summed E-state index contributed by atoms with van der Waals surface area (Å²) < 4.78 is 0.849. The maximum absolute atomic E-state index is 13.2. The van der Waals surface area contributed by atoms with Crippen molar-refractivity contribution in [2.75, 3.05) is 13.2 Å². The maximum atomic E-state index is 13.2. The molecule has 0 bridgehead atoms. The zero-order chi connectivity index (χ0) is 27.4. The van der Waals surface area contributed by atoms with Gasteiger partial charge >= 0.3 is 0 Å². The standard InChI is InChI=1S/C31H36BrNO5/c1-3-14-33-30(37)24-17-19(4-2)28(25(18-34)29(24)31(33)38)27(36)12-10-21(20-8-6-5-7-9-20)15-22-16-23(32)11-13-26(22)35/h5-9,11,13,15-16,24-25,27,29,34-36H,3-4,10,12,14,17-18H2,1-2H3/b21-15-/t24-,25+,27-,29-/m1/s1. The first-order valence-corrected chi connectivity index (χ1v) is 14.2. The van der Waals surface area contributed by atoms with Crippen LogP contribution in [0.15, 0.2) is 64.1 Å². The molecule has 1 aliphatic heterocycles. The highest BCUT2D eigenvalue weighted by Gasteiger charge is 2.54. The number of fused-ring (bicyclic) bond motifs is 1. The van der Waals surface area contributed by atoms with E-state index in [0.717, 1.165) is 21.2 Å². The van der Waals surface area contributed by atoms with Crippen LogP contribution in [-0.2, 0) is 9.59 Å². The van der Waals surface area contributed by atoms with Gasteiger partial charge in [0.2, 0.25) is 11.8 Å². The second-order valence-electron chi connectivity index (χ2n) is 10.2. The molecule has 2 aromatic carbocycles. The molecule has 0 spiro atoms. The number of imide groups is 1. The third-order valence-electron chi connectivity index (χ3n) is 7.86. The summed E-state index contributed by atoms with van der Waals surface area (Å²) in [7, 11) is 0. The molecule has 3 N–H and O–H groups in total. The molecule has 1 heterocycles. The van der Waals surface area contributed by atoms with Crippen LogP contribution in [0, 0.1) is 17.8 Å². The van der Waals surface area contributed by atoms with Crippen molar-refractivity contribution in [2.45, 2.75) is 52.1 Å². The minimum absolute atomic E-state index is 0.150. The number of benzene rings is 2. The number of hydrogen-bond acceptors (Lipinski definition) is 5. The molecule has 38 heavy (non-hydrogen) atoms. The highest BCUT2D eigenvalue weighted by atomic mass is 79.9. The number of aromatic hydroxyl groups is 1. The van der Waals surface area contributed by atoms with Crippen LogP contribution in [0.2, 0.25) is 0 Å². The lowest BCUT2D eigenvalue weighted by Crippen LogP contribution is -2.39. The monoisotopic (exact) mass is 581 g/mol. The summed E-state index contributed by atoms with van der Waals surface area (Å²) >= 11 is 3.47. The first-order chi connectivity index (χ1) is 18.3. The van der Waals surface area contributed by atoms with E-state index >= 15 is 0 Å². The summed E-state index contributed by atoms with van der Waals surface area (Å²) in [6.45, 7) is 4.02. The Hall–Kier alpha value is -2.74. The van der Waals surface area contributed by atoms with Crippen LogP contribution in [-0.4, -0.2) is 51.3 Å². The van der Waals surface area contributed by atoms with Gasteiger partial charge in [-0.1, -0.05) is 65.7 Å². The first-order valence-electron chi connectivity index (χ1n) is 13.4. The van der Waals surface area contributed by atoms with Gasteiger partial charge < -0.3 is 15.3 Å². The van der Waals surface area contributed by atoms with Crippen molar-refractivity contribution < 1.29 is 24.9 Å². The molecule has 202 valence electrons. The Labute approximate surface area is 232 Å². The summed E-state index contributed by atoms with van der Waals surface area (Å²) in [5.41, 5.74) is 4.28. The predicted molar refractivity (Wildman–Crippen MR) is 152 cm³/mol. The number of amides is 2. The number of carbonyl (C=O) groups excluding carboxylic acids is 2. The van der Waals surface area contributed by atoms with E-state index in [-0.39, 0.29) is 24.2 Å². The summed E-state index contributed by atoms with van der Waals surface area (Å²) in [6.07, 6.45) is 3.74. The molecule has 2 aromatic rings. The van der Waals surface area contributed by atoms with Crippen molar-refractivity contribution in [1.29, 1.82) is 0 Å². The Bertz CT molecular complexity index is 1240. The average molecular weight is 583 g/mol. The molecule has 1 fully saturated rings. The van der Waals surface area contributed by atoms with Gasteiger partial charge in [0.25, 0.3) is 0 Å². The summed E-state index contributed by atoms with van der Waals surface area (Å²) in [6, 6.07) is 15.1. The Kier molecular flexibility index (Phi) is 9.23. The molecule has 0 saturated carbocycles. The van der Waals surface area contributed by atoms with Gasteiger partial charge in [0.1, 0.15) is 5.75 Å². The molecule has 6 nitrogen and oxygen atoms in total. The fraction of sp³-hybridized carbons (Fsp3) is 0.419. The van der Waals surface area contributed by atoms with Gasteiger partial charge in [-0.2, -0.15) is 0 Å². The van der Waals surface area contributed by atoms with E-state index in [1.807, 2.05) is 56.3 Å². The van der Waals surface area contributed by atoms with E-state index < -0.39 is 23.9 Å². The van der Waals surface area contributed by atoms with Crippen LogP contribution in [0.5, 0.6) is 5.75 Å². The smallest absolute Gasteiger partial charge is 0.233 e. The van der Waals surface area contributed by atoms with Crippen molar-refractivity contribution in [3.05, 3.63) is 75.3 Å². The summed E-state index contributed by atoms with van der Waals surface area (Å²) in [5, 5.41) is 32.4. The number of allylic oxidation sites excluding steroid dienone is 2.